The maximum absolute atomic E-state index is 12.6. The molecule has 0 heterocycles. The van der Waals surface area contributed by atoms with Gasteiger partial charge < -0.3 is 16.0 Å². The molecule has 148 valence electrons. The van der Waals surface area contributed by atoms with E-state index in [-0.39, 0.29) is 12.5 Å². The van der Waals surface area contributed by atoms with Crippen LogP contribution >= 0.6 is 0 Å². The van der Waals surface area contributed by atoms with Gasteiger partial charge in [0, 0.05) is 17.8 Å². The summed E-state index contributed by atoms with van der Waals surface area (Å²) >= 11 is 0. The van der Waals surface area contributed by atoms with E-state index in [0.717, 1.165) is 16.8 Å². The lowest BCUT2D eigenvalue weighted by Crippen LogP contribution is -2.89. The maximum atomic E-state index is 12.6. The van der Waals surface area contributed by atoms with Gasteiger partial charge in [-0.05, 0) is 31.9 Å². The number of quaternary nitrogens is 1. The first-order chi connectivity index (χ1) is 13.4. The van der Waals surface area contributed by atoms with E-state index in [1.165, 1.54) is 0 Å². The Kier molecular flexibility index (Phi) is 7.71. The predicted molar refractivity (Wildman–Crippen MR) is 108 cm³/mol. The van der Waals surface area contributed by atoms with Gasteiger partial charge in [-0.1, -0.05) is 48.5 Å². The van der Waals surface area contributed by atoms with E-state index in [2.05, 4.69) is 16.0 Å². The van der Waals surface area contributed by atoms with Crippen molar-refractivity contribution in [3.8, 4) is 0 Å². The molecule has 0 radical (unpaired) electrons. The first kappa shape index (κ1) is 21.1. The number of hydrogen-bond donors (Lipinski definition) is 4. The average Bonchev–Trinajstić information content (AvgIpc) is 2.66. The minimum Gasteiger partial charge on any atom is -0.338 e. The van der Waals surface area contributed by atoms with Crippen molar-refractivity contribution >= 4 is 23.5 Å². The van der Waals surface area contributed by atoms with Gasteiger partial charge >= 0.3 is 6.03 Å². The monoisotopic (exact) mass is 383 g/mol. The number of anilines is 1. The zero-order valence-electron chi connectivity index (χ0n) is 16.4. The summed E-state index contributed by atoms with van der Waals surface area (Å²) in [4.78, 5) is 36.7. The van der Waals surface area contributed by atoms with Crippen LogP contribution in [0.2, 0.25) is 0 Å². The molecule has 0 bridgehead atoms. The van der Waals surface area contributed by atoms with E-state index in [1.54, 1.807) is 24.4 Å². The molecule has 0 aliphatic carbocycles. The number of para-hydroxylation sites is 1. The zero-order valence-corrected chi connectivity index (χ0v) is 16.4. The first-order valence-corrected chi connectivity index (χ1v) is 9.25. The molecule has 0 fully saturated rings. The Morgan fingerprint density at radius 3 is 2.21 bits per heavy atom. The van der Waals surface area contributed by atoms with Crippen LogP contribution in [0.3, 0.4) is 0 Å². The fraction of sp³-hybridized carbons (Fsp3) is 0.286. The van der Waals surface area contributed by atoms with Crippen molar-refractivity contribution in [1.29, 1.82) is 0 Å². The lowest BCUT2D eigenvalue weighted by Gasteiger charge is -2.16. The van der Waals surface area contributed by atoms with E-state index in [9.17, 15) is 14.4 Å². The zero-order chi connectivity index (χ0) is 20.5. The molecule has 28 heavy (non-hydrogen) atoms. The van der Waals surface area contributed by atoms with Crippen LogP contribution in [0.25, 0.3) is 0 Å². The smallest absolute Gasteiger partial charge is 0.321 e. The summed E-state index contributed by atoms with van der Waals surface area (Å²) in [5, 5.41) is 9.37. The van der Waals surface area contributed by atoms with Gasteiger partial charge in [0.2, 0.25) is 0 Å². The number of imide groups is 1. The van der Waals surface area contributed by atoms with Crippen molar-refractivity contribution in [3.63, 3.8) is 0 Å². The number of amides is 4. The van der Waals surface area contributed by atoms with Gasteiger partial charge in [-0.3, -0.25) is 14.9 Å². The van der Waals surface area contributed by atoms with Gasteiger partial charge in [-0.2, -0.15) is 0 Å². The second-order valence-corrected chi connectivity index (χ2v) is 6.49. The summed E-state index contributed by atoms with van der Waals surface area (Å²) in [5.74, 6) is -0.693. The summed E-state index contributed by atoms with van der Waals surface area (Å²) in [6.45, 7) is 6.08. The van der Waals surface area contributed by atoms with Crippen LogP contribution in [-0.4, -0.2) is 30.9 Å². The van der Waals surface area contributed by atoms with Gasteiger partial charge in [-0.15, -0.1) is 0 Å². The third kappa shape index (κ3) is 5.92. The van der Waals surface area contributed by atoms with Crippen molar-refractivity contribution in [3.05, 3.63) is 65.2 Å². The summed E-state index contributed by atoms with van der Waals surface area (Å²) in [7, 11) is 0. The highest BCUT2D eigenvalue weighted by Gasteiger charge is 2.26. The van der Waals surface area contributed by atoms with Gasteiger partial charge in [0.25, 0.3) is 11.8 Å². The van der Waals surface area contributed by atoms with E-state index in [4.69, 9.17) is 0 Å². The Labute approximate surface area is 164 Å². The van der Waals surface area contributed by atoms with E-state index >= 15 is 0 Å². The maximum Gasteiger partial charge on any atom is 0.321 e. The van der Waals surface area contributed by atoms with Gasteiger partial charge in [0.1, 0.15) is 0 Å². The molecule has 2 aromatic carbocycles. The van der Waals surface area contributed by atoms with Crippen LogP contribution in [0.15, 0.2) is 48.5 Å². The fourth-order valence-corrected chi connectivity index (χ4v) is 2.88. The highest BCUT2D eigenvalue weighted by molar-refractivity contribution is 5.97. The van der Waals surface area contributed by atoms with Crippen LogP contribution in [0.1, 0.15) is 29.7 Å². The van der Waals surface area contributed by atoms with E-state index < -0.39 is 18.0 Å². The number of aryl methyl sites for hydroxylation is 2. The van der Waals surface area contributed by atoms with E-state index in [1.807, 2.05) is 50.2 Å². The first-order valence-electron chi connectivity index (χ1n) is 9.25. The number of nitrogens with two attached hydrogens (primary N) is 1. The van der Waals surface area contributed by atoms with Crippen LogP contribution in [-0.2, 0) is 9.59 Å². The van der Waals surface area contributed by atoms with Gasteiger partial charge in [-0.25, -0.2) is 4.79 Å². The minimum atomic E-state index is -0.715. The van der Waals surface area contributed by atoms with Crippen LogP contribution in [0.5, 0.6) is 0 Å². The summed E-state index contributed by atoms with van der Waals surface area (Å²) in [5.41, 5.74) is 3.44. The predicted octanol–water partition coefficient (Wildman–Crippen LogP) is 1.39. The standard InChI is InChI=1S/C21H26N4O3/c1-4-22-21(28)25-20(27)19(16-11-6-5-7-12-16)23-13-17(26)24-18-14(2)9-8-10-15(18)3/h5-12,19,23H,4,13H2,1-3H3,(H,24,26)(H2,22,25,27,28)/p+1/t19-/m1/s1. The van der Waals surface area contributed by atoms with Gasteiger partial charge in [0.15, 0.2) is 12.6 Å². The highest BCUT2D eigenvalue weighted by Crippen LogP contribution is 2.19. The SMILES string of the molecule is CCNC(=O)NC(=O)[C@H]([NH2+]CC(=O)Nc1c(C)cccc1C)c1ccccc1. The highest BCUT2D eigenvalue weighted by atomic mass is 16.2. The molecular weight excluding hydrogens is 356 g/mol. The number of carbonyl (C=O) groups excluding carboxylic acids is 3. The van der Waals surface area contributed by atoms with Crippen molar-refractivity contribution < 1.29 is 19.7 Å². The van der Waals surface area contributed by atoms with Crippen LogP contribution in [0, 0.1) is 13.8 Å². The Bertz CT molecular complexity index is 817. The molecule has 0 aromatic heterocycles. The third-order valence-electron chi connectivity index (χ3n) is 4.30. The molecule has 2 rings (SSSR count). The summed E-state index contributed by atoms with van der Waals surface area (Å²) in [6, 6.07) is 13.6. The molecule has 2 aromatic rings. The number of benzene rings is 2. The Morgan fingerprint density at radius 1 is 0.964 bits per heavy atom. The molecule has 0 spiro atoms. The fourth-order valence-electron chi connectivity index (χ4n) is 2.88. The number of urea groups is 1. The van der Waals surface area contributed by atoms with Crippen molar-refractivity contribution in [1.82, 2.24) is 10.6 Å². The molecule has 4 amide bonds. The van der Waals surface area contributed by atoms with Crippen LogP contribution in [0.4, 0.5) is 10.5 Å². The van der Waals surface area contributed by atoms with Crippen molar-refractivity contribution in [2.45, 2.75) is 26.8 Å². The minimum absolute atomic E-state index is 0.0378. The lowest BCUT2D eigenvalue weighted by atomic mass is 10.1. The number of carbonyl (C=O) groups is 3. The molecule has 7 heteroatoms. The molecule has 1 atom stereocenters. The van der Waals surface area contributed by atoms with E-state index in [0.29, 0.717) is 12.1 Å². The number of hydrogen-bond acceptors (Lipinski definition) is 3. The second kappa shape index (κ2) is 10.2. The molecule has 0 aliphatic rings. The molecule has 7 nitrogen and oxygen atoms in total. The Morgan fingerprint density at radius 2 is 1.61 bits per heavy atom. The Balaban J connectivity index is 2.07. The third-order valence-corrected chi connectivity index (χ3v) is 4.30. The molecule has 0 unspecified atom stereocenters. The van der Waals surface area contributed by atoms with Crippen molar-refractivity contribution in [2.24, 2.45) is 0 Å². The number of rotatable bonds is 7. The lowest BCUT2D eigenvalue weighted by molar-refractivity contribution is -0.672. The molecular formula is C21H27N4O3+. The molecule has 0 saturated carbocycles. The normalized spacial score (nSPS) is 11.4. The molecule has 0 saturated heterocycles. The number of nitrogens with one attached hydrogen (secondary N) is 3. The molecule has 0 aliphatic heterocycles. The topological polar surface area (TPSA) is 104 Å². The van der Waals surface area contributed by atoms with Crippen molar-refractivity contribution in [2.75, 3.05) is 18.4 Å². The molecule has 5 N–H and O–H groups in total. The average molecular weight is 383 g/mol. The second-order valence-electron chi connectivity index (χ2n) is 6.49. The Hall–Kier alpha value is -3.19. The van der Waals surface area contributed by atoms with Crippen LogP contribution < -0.4 is 21.3 Å². The largest absolute Gasteiger partial charge is 0.338 e. The van der Waals surface area contributed by atoms with Gasteiger partial charge in [0.05, 0.1) is 0 Å². The quantitative estimate of drug-likeness (QED) is 0.581. The summed E-state index contributed by atoms with van der Waals surface area (Å²) < 4.78 is 0. The summed E-state index contributed by atoms with van der Waals surface area (Å²) in [6.07, 6.45) is 0.